The van der Waals surface area contributed by atoms with Crippen LogP contribution in [0.25, 0.3) is 0 Å². The van der Waals surface area contributed by atoms with E-state index in [4.69, 9.17) is 9.47 Å². The van der Waals surface area contributed by atoms with Gasteiger partial charge in [-0.1, -0.05) is 49.4 Å². The number of benzene rings is 1. The molecule has 1 aromatic rings. The maximum absolute atomic E-state index is 14.6. The van der Waals surface area contributed by atoms with Gasteiger partial charge in [-0.05, 0) is 44.7 Å². The molecule has 10 heteroatoms. The number of carbonyl (C=O) groups excluding carboxylic acids is 4. The third kappa shape index (κ3) is 4.86. The number of amides is 3. The van der Waals surface area contributed by atoms with E-state index in [-0.39, 0.29) is 37.9 Å². The second-order valence-corrected chi connectivity index (χ2v) is 11.4. The highest BCUT2D eigenvalue weighted by Crippen LogP contribution is 2.54. The summed E-state index contributed by atoms with van der Waals surface area (Å²) in [6, 6.07) is 4.08. The van der Waals surface area contributed by atoms with Crippen molar-refractivity contribution in [2.75, 3.05) is 24.6 Å². The van der Waals surface area contributed by atoms with E-state index in [0.29, 0.717) is 12.8 Å². The molecule has 7 atom stereocenters. The Morgan fingerprint density at radius 2 is 1.85 bits per heavy atom. The molecule has 4 heterocycles. The number of aliphatic hydroxyl groups excluding tert-OH is 1. The minimum Gasteiger partial charge on any atom is -0.460 e. The molecule has 4 aliphatic heterocycles. The van der Waals surface area contributed by atoms with Gasteiger partial charge in [-0.3, -0.25) is 19.2 Å². The van der Waals surface area contributed by atoms with Crippen LogP contribution in [0.15, 0.2) is 42.5 Å². The Morgan fingerprint density at radius 1 is 1.12 bits per heavy atom. The number of likely N-dealkylation sites (tertiary alicyclic amines) is 1. The van der Waals surface area contributed by atoms with E-state index in [9.17, 15) is 24.3 Å². The summed E-state index contributed by atoms with van der Waals surface area (Å²) in [6.45, 7) is 7.49. The number of allylic oxidation sites excluding steroid dienone is 1. The second kappa shape index (κ2) is 11.4. The van der Waals surface area contributed by atoms with Gasteiger partial charge in [-0.15, -0.1) is 0 Å². The summed E-state index contributed by atoms with van der Waals surface area (Å²) >= 11 is 0. The van der Waals surface area contributed by atoms with Crippen LogP contribution in [0.4, 0.5) is 5.69 Å². The molecule has 5 rings (SSSR count). The predicted octanol–water partition coefficient (Wildman–Crippen LogP) is 1.96. The van der Waals surface area contributed by atoms with E-state index < -0.39 is 53.6 Å². The molecule has 2 fully saturated rings. The second-order valence-electron chi connectivity index (χ2n) is 11.4. The van der Waals surface area contributed by atoms with E-state index in [1.807, 2.05) is 45.0 Å². The number of fused-ring (bicyclic) bond motifs is 2. The highest BCUT2D eigenvalue weighted by molar-refractivity contribution is 6.06. The molecule has 4 aliphatic rings. The molecule has 0 saturated carbocycles. The first-order valence-corrected chi connectivity index (χ1v) is 14.4. The Hall–Kier alpha value is -3.50. The molecule has 2 N–H and O–H groups in total. The SMILES string of the molecule is CC[C@@H](CO)N1C(=O)[C@@H]2[C@H]3C(=O)O[C@H](C)CNC(=O)CC/C=C\[C@H]3O[C@@]23C=CCN(c2c(C)cccc2C)C(=O)[C@@H]13. The molecule has 0 aliphatic carbocycles. The number of hydrogen-bond donors (Lipinski definition) is 2. The number of nitrogens with one attached hydrogen (secondary N) is 1. The normalized spacial score (nSPS) is 33.5. The molecule has 2 saturated heterocycles. The number of ether oxygens (including phenoxy) is 2. The number of carbonyl (C=O) groups is 4. The van der Waals surface area contributed by atoms with Gasteiger partial charge in [0, 0.05) is 18.7 Å². The number of aliphatic hydroxyl groups is 1. The molecule has 1 aromatic carbocycles. The first kappa shape index (κ1) is 29.0. The van der Waals surface area contributed by atoms with E-state index in [1.54, 1.807) is 30.1 Å². The summed E-state index contributed by atoms with van der Waals surface area (Å²) in [5, 5.41) is 13.1. The molecule has 220 valence electrons. The minimum absolute atomic E-state index is 0.149. The lowest BCUT2D eigenvalue weighted by atomic mass is 9.78. The monoisotopic (exact) mass is 565 g/mol. The largest absolute Gasteiger partial charge is 0.460 e. The molecule has 0 unspecified atom stereocenters. The van der Waals surface area contributed by atoms with Crippen molar-refractivity contribution in [1.29, 1.82) is 0 Å². The Labute approximate surface area is 240 Å². The number of para-hydroxylation sites is 1. The number of hydrogen-bond acceptors (Lipinski definition) is 7. The van der Waals surface area contributed by atoms with Crippen LogP contribution in [0.3, 0.4) is 0 Å². The Balaban J connectivity index is 1.64. The summed E-state index contributed by atoms with van der Waals surface area (Å²) in [6.07, 6.45) is 6.74. The number of nitrogens with zero attached hydrogens (tertiary/aromatic N) is 2. The summed E-state index contributed by atoms with van der Waals surface area (Å²) in [5.74, 6) is -3.55. The zero-order valence-electron chi connectivity index (χ0n) is 24.0. The van der Waals surface area contributed by atoms with Crippen LogP contribution in [-0.4, -0.2) is 83.3 Å². The smallest absolute Gasteiger partial charge is 0.313 e. The lowest BCUT2D eigenvalue weighted by Crippen LogP contribution is -2.58. The van der Waals surface area contributed by atoms with E-state index in [2.05, 4.69) is 5.32 Å². The fraction of sp³-hybridized carbons (Fsp3) is 0.548. The average molecular weight is 566 g/mol. The van der Waals surface area contributed by atoms with Crippen LogP contribution >= 0.6 is 0 Å². The first-order chi connectivity index (χ1) is 19.6. The Kier molecular flexibility index (Phi) is 8.07. The standard InChI is InChI=1S/C31H39N3O7/c1-5-21(17-35)34-27-29(38)33(26-18(2)10-8-11-19(26)3)15-9-14-31(27)25(28(34)37)24-22(41-31)12-6-7-13-23(36)32-16-20(4)40-30(24)39/h6,8-12,14,20-22,24-25,27,35H,5,7,13,15-17H2,1-4H3,(H,32,36)/b12-6-/t20-,21+,22-,24+,25+,27-,31+/m1/s1. The molecular formula is C31H39N3O7. The van der Waals surface area contributed by atoms with Crippen molar-refractivity contribution in [2.45, 2.75) is 76.9 Å². The molecule has 41 heavy (non-hydrogen) atoms. The molecule has 1 spiro atoms. The lowest BCUT2D eigenvalue weighted by molar-refractivity contribution is -0.159. The van der Waals surface area contributed by atoms with Crippen LogP contribution in [0.2, 0.25) is 0 Å². The van der Waals surface area contributed by atoms with Gasteiger partial charge < -0.3 is 29.7 Å². The van der Waals surface area contributed by atoms with Gasteiger partial charge in [0.05, 0.1) is 31.2 Å². The zero-order valence-corrected chi connectivity index (χ0v) is 24.0. The number of esters is 1. The molecule has 3 amide bonds. The lowest BCUT2D eigenvalue weighted by Gasteiger charge is -2.38. The van der Waals surface area contributed by atoms with Crippen LogP contribution in [-0.2, 0) is 28.7 Å². The quantitative estimate of drug-likeness (QED) is 0.422. The molecule has 0 radical (unpaired) electrons. The van der Waals surface area contributed by atoms with Crippen molar-refractivity contribution in [1.82, 2.24) is 10.2 Å². The Bertz CT molecular complexity index is 1270. The van der Waals surface area contributed by atoms with Crippen LogP contribution in [0.5, 0.6) is 0 Å². The van der Waals surface area contributed by atoms with Crippen molar-refractivity contribution in [3.63, 3.8) is 0 Å². The van der Waals surface area contributed by atoms with E-state index >= 15 is 0 Å². The summed E-state index contributed by atoms with van der Waals surface area (Å²) in [7, 11) is 0. The number of cyclic esters (lactones) is 1. The number of anilines is 1. The predicted molar refractivity (Wildman–Crippen MR) is 151 cm³/mol. The van der Waals surface area contributed by atoms with Gasteiger partial charge in [0.1, 0.15) is 23.7 Å². The maximum atomic E-state index is 14.6. The first-order valence-electron chi connectivity index (χ1n) is 14.4. The average Bonchev–Trinajstić information content (AvgIpc) is 3.32. The Morgan fingerprint density at radius 3 is 2.54 bits per heavy atom. The van der Waals surface area contributed by atoms with Gasteiger partial charge in [0.25, 0.3) is 5.91 Å². The number of aryl methyl sites for hydroxylation is 2. The van der Waals surface area contributed by atoms with Crippen LogP contribution < -0.4 is 10.2 Å². The van der Waals surface area contributed by atoms with Gasteiger partial charge >= 0.3 is 5.97 Å². The highest BCUT2D eigenvalue weighted by Gasteiger charge is 2.72. The third-order valence-electron chi connectivity index (χ3n) is 8.76. The van der Waals surface area contributed by atoms with Gasteiger partial charge in [-0.25, -0.2) is 0 Å². The van der Waals surface area contributed by atoms with Crippen molar-refractivity contribution in [2.24, 2.45) is 11.8 Å². The fourth-order valence-electron chi connectivity index (χ4n) is 6.84. The van der Waals surface area contributed by atoms with Gasteiger partial charge in [-0.2, -0.15) is 0 Å². The molecule has 0 bridgehead atoms. The summed E-state index contributed by atoms with van der Waals surface area (Å²) < 4.78 is 12.4. The number of rotatable bonds is 4. The van der Waals surface area contributed by atoms with Crippen LogP contribution in [0.1, 0.15) is 44.2 Å². The molecular weight excluding hydrogens is 526 g/mol. The fourth-order valence-corrected chi connectivity index (χ4v) is 6.84. The maximum Gasteiger partial charge on any atom is 0.313 e. The van der Waals surface area contributed by atoms with Gasteiger partial charge in [0.15, 0.2) is 0 Å². The van der Waals surface area contributed by atoms with Gasteiger partial charge in [0.2, 0.25) is 11.8 Å². The van der Waals surface area contributed by atoms with E-state index in [0.717, 1.165) is 16.8 Å². The molecule has 0 aromatic heterocycles. The van der Waals surface area contributed by atoms with Crippen molar-refractivity contribution >= 4 is 29.4 Å². The van der Waals surface area contributed by atoms with Crippen LogP contribution in [0, 0.1) is 25.7 Å². The summed E-state index contributed by atoms with van der Waals surface area (Å²) in [5.41, 5.74) is 1.16. The zero-order chi connectivity index (χ0) is 29.5. The highest BCUT2D eigenvalue weighted by atomic mass is 16.6. The third-order valence-corrected chi connectivity index (χ3v) is 8.76. The van der Waals surface area contributed by atoms with Crippen molar-refractivity contribution in [3.8, 4) is 0 Å². The van der Waals surface area contributed by atoms with E-state index in [1.165, 1.54) is 4.90 Å². The molecule has 10 nitrogen and oxygen atoms in total. The van der Waals surface area contributed by atoms with Crippen molar-refractivity contribution in [3.05, 3.63) is 53.6 Å². The minimum atomic E-state index is -1.45. The summed E-state index contributed by atoms with van der Waals surface area (Å²) in [4.78, 5) is 58.0. The topological polar surface area (TPSA) is 125 Å². The van der Waals surface area contributed by atoms with Crippen molar-refractivity contribution < 1.29 is 33.8 Å².